The van der Waals surface area contributed by atoms with Crippen molar-refractivity contribution in [2.24, 2.45) is 0 Å². The smallest absolute Gasteiger partial charge is 0.350 e. The van der Waals surface area contributed by atoms with Crippen LogP contribution in [-0.2, 0) is 14.3 Å². The summed E-state index contributed by atoms with van der Waals surface area (Å²) in [4.78, 5) is 38.5. The number of carbonyl (C=O) groups is 3. The molecule has 2 amide bonds. The predicted molar refractivity (Wildman–Crippen MR) is 112 cm³/mol. The quantitative estimate of drug-likeness (QED) is 0.615. The minimum atomic E-state index is -0.508. The fourth-order valence-corrected chi connectivity index (χ4v) is 3.62. The lowest BCUT2D eigenvalue weighted by Crippen LogP contribution is -2.38. The Morgan fingerprint density at radius 3 is 2.47 bits per heavy atom. The lowest BCUT2D eigenvalue weighted by Gasteiger charge is -2.21. The number of benzene rings is 1. The Balaban J connectivity index is 1.53. The number of fused-ring (bicyclic) bond motifs is 1. The van der Waals surface area contributed by atoms with Crippen molar-refractivity contribution in [1.82, 2.24) is 4.90 Å². The molecule has 9 nitrogen and oxygen atoms in total. The van der Waals surface area contributed by atoms with Gasteiger partial charge in [-0.2, -0.15) is 0 Å². The van der Waals surface area contributed by atoms with Crippen LogP contribution < -0.4 is 20.1 Å². The molecular formula is C20H23N3O6S. The number of ether oxygens (including phenoxy) is 3. The summed E-state index contributed by atoms with van der Waals surface area (Å²) in [6, 6.07) is 6.83. The zero-order valence-electron chi connectivity index (χ0n) is 16.7. The van der Waals surface area contributed by atoms with E-state index in [9.17, 15) is 14.4 Å². The first-order valence-corrected chi connectivity index (χ1v) is 10.3. The molecule has 2 heterocycles. The fourth-order valence-electron chi connectivity index (χ4n) is 2.86. The number of anilines is 2. The predicted octanol–water partition coefficient (Wildman–Crippen LogP) is 2.21. The van der Waals surface area contributed by atoms with Crippen molar-refractivity contribution >= 4 is 40.5 Å². The van der Waals surface area contributed by atoms with Gasteiger partial charge < -0.3 is 24.8 Å². The first kappa shape index (κ1) is 21.6. The summed E-state index contributed by atoms with van der Waals surface area (Å²) < 4.78 is 15.7. The first-order chi connectivity index (χ1) is 14.5. The molecule has 1 aliphatic rings. The van der Waals surface area contributed by atoms with Crippen LogP contribution in [-0.4, -0.2) is 62.6 Å². The molecule has 0 unspecified atom stereocenters. The highest BCUT2D eigenvalue weighted by Crippen LogP contribution is 2.32. The average Bonchev–Trinajstić information content (AvgIpc) is 3.20. The van der Waals surface area contributed by atoms with Gasteiger partial charge in [0.15, 0.2) is 11.5 Å². The largest absolute Gasteiger partial charge is 0.486 e. The normalized spacial score (nSPS) is 12.4. The molecule has 0 aliphatic carbocycles. The standard InChI is InChI=1S/C20H23N3O6S/c1-3-23(12-18(25)22-14-6-9-30-19(14)20(26)27-2)11-17(24)21-13-4-5-15-16(10-13)29-8-7-28-15/h4-6,9-10H,3,7-8,11-12H2,1-2H3,(H,21,24)(H,22,25). The SMILES string of the molecule is CCN(CC(=O)Nc1ccc2c(c1)OCCO2)CC(=O)Nc1ccsc1C(=O)OC. The molecule has 2 N–H and O–H groups in total. The van der Waals surface area contributed by atoms with Crippen LogP contribution in [0.4, 0.5) is 11.4 Å². The van der Waals surface area contributed by atoms with E-state index < -0.39 is 5.97 Å². The van der Waals surface area contributed by atoms with Gasteiger partial charge in [0.05, 0.1) is 25.9 Å². The number of amides is 2. The van der Waals surface area contributed by atoms with E-state index >= 15 is 0 Å². The second kappa shape index (κ2) is 10.1. The summed E-state index contributed by atoms with van der Waals surface area (Å²) in [6.07, 6.45) is 0. The molecule has 0 atom stereocenters. The van der Waals surface area contributed by atoms with Gasteiger partial charge in [0, 0.05) is 11.8 Å². The van der Waals surface area contributed by atoms with Gasteiger partial charge in [0.1, 0.15) is 18.1 Å². The lowest BCUT2D eigenvalue weighted by atomic mass is 10.2. The van der Waals surface area contributed by atoms with Crippen LogP contribution in [0.3, 0.4) is 0 Å². The molecule has 1 aliphatic heterocycles. The van der Waals surface area contributed by atoms with Crippen molar-refractivity contribution in [2.45, 2.75) is 6.92 Å². The number of hydrogen-bond acceptors (Lipinski definition) is 8. The number of nitrogens with zero attached hydrogens (tertiary/aromatic N) is 1. The Hall–Kier alpha value is -3.11. The van der Waals surface area contributed by atoms with Gasteiger partial charge in [-0.05, 0) is 30.1 Å². The minimum absolute atomic E-state index is 0.00151. The molecule has 0 radical (unpaired) electrons. The molecule has 2 aromatic rings. The van der Waals surface area contributed by atoms with Crippen molar-refractivity contribution in [1.29, 1.82) is 0 Å². The molecule has 0 saturated heterocycles. The second-order valence-electron chi connectivity index (χ2n) is 6.41. The molecule has 1 aromatic carbocycles. The number of likely N-dealkylation sites (N-methyl/N-ethyl adjacent to an activating group) is 1. The molecule has 1 aromatic heterocycles. The zero-order chi connectivity index (χ0) is 21.5. The van der Waals surface area contributed by atoms with E-state index in [1.807, 2.05) is 6.92 Å². The van der Waals surface area contributed by atoms with Crippen molar-refractivity contribution < 1.29 is 28.6 Å². The molecular weight excluding hydrogens is 410 g/mol. The number of nitrogens with one attached hydrogen (secondary N) is 2. The van der Waals surface area contributed by atoms with Gasteiger partial charge in [-0.25, -0.2) is 4.79 Å². The maximum Gasteiger partial charge on any atom is 0.350 e. The highest BCUT2D eigenvalue weighted by atomic mass is 32.1. The number of thiophene rings is 1. The van der Waals surface area contributed by atoms with E-state index in [-0.39, 0.29) is 24.9 Å². The van der Waals surface area contributed by atoms with Crippen LogP contribution in [0.15, 0.2) is 29.6 Å². The van der Waals surface area contributed by atoms with E-state index in [1.54, 1.807) is 34.5 Å². The monoisotopic (exact) mass is 433 g/mol. The first-order valence-electron chi connectivity index (χ1n) is 9.37. The summed E-state index contributed by atoms with van der Waals surface area (Å²) in [7, 11) is 1.28. The van der Waals surface area contributed by atoms with Crippen LogP contribution in [0.2, 0.25) is 0 Å². The van der Waals surface area contributed by atoms with Gasteiger partial charge in [-0.3, -0.25) is 14.5 Å². The number of hydrogen-bond donors (Lipinski definition) is 2. The molecule has 0 bridgehead atoms. The van der Waals surface area contributed by atoms with Gasteiger partial charge in [-0.15, -0.1) is 11.3 Å². The molecule has 3 rings (SSSR count). The minimum Gasteiger partial charge on any atom is -0.486 e. The summed E-state index contributed by atoms with van der Waals surface area (Å²) in [5.74, 6) is 0.139. The van der Waals surface area contributed by atoms with Crippen LogP contribution in [0.5, 0.6) is 11.5 Å². The summed E-state index contributed by atoms with van der Waals surface area (Å²) in [5, 5.41) is 7.19. The van der Waals surface area contributed by atoms with Crippen molar-refractivity contribution in [3.8, 4) is 11.5 Å². The van der Waals surface area contributed by atoms with E-state index in [0.717, 1.165) is 0 Å². The molecule has 0 spiro atoms. The van der Waals surface area contributed by atoms with Gasteiger partial charge in [-0.1, -0.05) is 6.92 Å². The van der Waals surface area contributed by atoms with Crippen LogP contribution in [0.25, 0.3) is 0 Å². The lowest BCUT2D eigenvalue weighted by molar-refractivity contribution is -0.119. The molecule has 0 saturated carbocycles. The Bertz CT molecular complexity index is 929. The second-order valence-corrected chi connectivity index (χ2v) is 7.33. The summed E-state index contributed by atoms with van der Waals surface area (Å²) in [6.45, 7) is 3.35. The van der Waals surface area contributed by atoms with Crippen molar-refractivity contribution in [2.75, 3.05) is 50.6 Å². The Morgan fingerprint density at radius 1 is 1.07 bits per heavy atom. The number of methoxy groups -OCH3 is 1. The molecule has 10 heteroatoms. The Morgan fingerprint density at radius 2 is 1.77 bits per heavy atom. The zero-order valence-corrected chi connectivity index (χ0v) is 17.5. The summed E-state index contributed by atoms with van der Waals surface area (Å²) in [5.41, 5.74) is 0.986. The maximum atomic E-state index is 12.4. The topological polar surface area (TPSA) is 106 Å². The van der Waals surface area contributed by atoms with E-state index in [0.29, 0.717) is 47.5 Å². The number of esters is 1. The molecule has 0 fully saturated rings. The molecule has 160 valence electrons. The van der Waals surface area contributed by atoms with Crippen molar-refractivity contribution in [3.05, 3.63) is 34.5 Å². The number of rotatable bonds is 8. The van der Waals surface area contributed by atoms with Gasteiger partial charge >= 0.3 is 5.97 Å². The fraction of sp³-hybridized carbons (Fsp3) is 0.350. The third-order valence-electron chi connectivity index (χ3n) is 4.32. The molecule has 30 heavy (non-hydrogen) atoms. The van der Waals surface area contributed by atoms with Crippen LogP contribution in [0, 0.1) is 0 Å². The van der Waals surface area contributed by atoms with E-state index in [1.165, 1.54) is 18.4 Å². The highest BCUT2D eigenvalue weighted by molar-refractivity contribution is 7.12. The van der Waals surface area contributed by atoms with Crippen molar-refractivity contribution in [3.63, 3.8) is 0 Å². The van der Waals surface area contributed by atoms with E-state index in [4.69, 9.17) is 14.2 Å². The number of carbonyl (C=O) groups excluding carboxylic acids is 3. The van der Waals surface area contributed by atoms with Gasteiger partial charge in [0.25, 0.3) is 0 Å². The van der Waals surface area contributed by atoms with Crippen LogP contribution >= 0.6 is 11.3 Å². The maximum absolute atomic E-state index is 12.4. The highest BCUT2D eigenvalue weighted by Gasteiger charge is 2.19. The third-order valence-corrected chi connectivity index (χ3v) is 5.21. The van der Waals surface area contributed by atoms with E-state index in [2.05, 4.69) is 10.6 Å². The van der Waals surface area contributed by atoms with Crippen LogP contribution in [0.1, 0.15) is 16.6 Å². The third kappa shape index (κ3) is 5.49. The average molecular weight is 433 g/mol. The van der Waals surface area contributed by atoms with Gasteiger partial charge in [0.2, 0.25) is 11.8 Å². The Kier molecular flexibility index (Phi) is 7.26. The Labute approximate surface area is 177 Å². The summed E-state index contributed by atoms with van der Waals surface area (Å²) >= 11 is 1.18.